The van der Waals surface area contributed by atoms with Gasteiger partial charge in [-0.25, -0.2) is 14.3 Å². The number of methoxy groups -OCH3 is 1. The van der Waals surface area contributed by atoms with E-state index in [0.29, 0.717) is 22.8 Å². The highest BCUT2D eigenvalue weighted by atomic mass is 16.6. The number of pyridine rings is 1. The van der Waals surface area contributed by atoms with Crippen molar-refractivity contribution in [1.29, 1.82) is 0 Å². The molecule has 4 rings (SSSR count). The molecule has 0 saturated heterocycles. The number of anilines is 2. The maximum absolute atomic E-state index is 12.2. The molecule has 9 nitrogen and oxygen atoms in total. The first-order valence-electron chi connectivity index (χ1n) is 9.98. The summed E-state index contributed by atoms with van der Waals surface area (Å²) in [6, 6.07) is 11.2. The van der Waals surface area contributed by atoms with E-state index in [-0.39, 0.29) is 0 Å². The van der Waals surface area contributed by atoms with Crippen molar-refractivity contribution in [2.45, 2.75) is 26.4 Å². The molecule has 1 amide bonds. The van der Waals surface area contributed by atoms with Gasteiger partial charge in [0.25, 0.3) is 0 Å². The van der Waals surface area contributed by atoms with E-state index < -0.39 is 11.7 Å². The van der Waals surface area contributed by atoms with Crippen LogP contribution in [-0.2, 0) is 4.74 Å². The summed E-state index contributed by atoms with van der Waals surface area (Å²) >= 11 is 0. The Morgan fingerprint density at radius 1 is 1.16 bits per heavy atom. The molecule has 3 aromatic heterocycles. The van der Waals surface area contributed by atoms with Crippen molar-refractivity contribution in [2.75, 3.05) is 18.2 Å². The highest BCUT2D eigenvalue weighted by Gasteiger charge is 2.20. The minimum Gasteiger partial charge on any atom is -0.495 e. The van der Waals surface area contributed by atoms with Crippen LogP contribution in [0.15, 0.2) is 55.1 Å². The molecule has 3 heterocycles. The van der Waals surface area contributed by atoms with Gasteiger partial charge >= 0.3 is 6.09 Å². The molecule has 0 bridgehead atoms. The fourth-order valence-electron chi connectivity index (χ4n) is 3.38. The van der Waals surface area contributed by atoms with Gasteiger partial charge in [-0.15, -0.1) is 0 Å². The van der Waals surface area contributed by atoms with Crippen LogP contribution in [0.1, 0.15) is 20.8 Å². The number of carbonyl (C=O) groups excluding carboxylic acids is 1. The summed E-state index contributed by atoms with van der Waals surface area (Å²) in [6.45, 7) is 5.41. The lowest BCUT2D eigenvalue weighted by molar-refractivity contribution is 0.0635. The van der Waals surface area contributed by atoms with Crippen LogP contribution < -0.4 is 15.8 Å². The Hall–Kier alpha value is -4.14. The molecule has 4 aromatic rings. The average molecular weight is 432 g/mol. The van der Waals surface area contributed by atoms with Gasteiger partial charge in [-0.2, -0.15) is 5.10 Å². The Balaban J connectivity index is 1.79. The van der Waals surface area contributed by atoms with Gasteiger partial charge < -0.3 is 15.2 Å². The number of nitrogens with one attached hydrogen (secondary N) is 1. The molecule has 0 aliphatic rings. The summed E-state index contributed by atoms with van der Waals surface area (Å²) < 4.78 is 12.6. The molecule has 32 heavy (non-hydrogen) atoms. The monoisotopic (exact) mass is 432 g/mol. The minimum atomic E-state index is -0.608. The number of aromatic nitrogens is 4. The average Bonchev–Trinajstić information content (AvgIpc) is 3.14. The maximum Gasteiger partial charge on any atom is 0.412 e. The molecule has 0 spiro atoms. The van der Waals surface area contributed by atoms with Gasteiger partial charge in [-0.1, -0.05) is 6.07 Å². The lowest BCUT2D eigenvalue weighted by Crippen LogP contribution is -2.27. The highest BCUT2D eigenvalue weighted by Crippen LogP contribution is 2.37. The fourth-order valence-corrected chi connectivity index (χ4v) is 3.38. The SMILES string of the molecule is COc1cc(-c2cc(-c3cccnc3)n3ncnc(N)c23)ccc1NC(=O)OC(C)(C)C. The second-order valence-corrected chi connectivity index (χ2v) is 8.13. The van der Waals surface area contributed by atoms with Crippen LogP contribution in [0, 0.1) is 0 Å². The normalized spacial score (nSPS) is 11.4. The molecule has 3 N–H and O–H groups in total. The largest absolute Gasteiger partial charge is 0.495 e. The Kier molecular flexibility index (Phi) is 5.40. The fraction of sp³-hybridized carbons (Fsp3) is 0.217. The molecule has 0 radical (unpaired) electrons. The predicted octanol–water partition coefficient (Wildman–Crippen LogP) is 4.40. The number of ether oxygens (including phenoxy) is 2. The van der Waals surface area contributed by atoms with Crippen LogP contribution in [0.25, 0.3) is 27.9 Å². The van der Waals surface area contributed by atoms with E-state index in [4.69, 9.17) is 15.2 Å². The lowest BCUT2D eigenvalue weighted by Gasteiger charge is -2.20. The van der Waals surface area contributed by atoms with E-state index >= 15 is 0 Å². The van der Waals surface area contributed by atoms with Gasteiger partial charge in [0.15, 0.2) is 5.82 Å². The third kappa shape index (κ3) is 4.18. The summed E-state index contributed by atoms with van der Waals surface area (Å²) in [7, 11) is 1.54. The number of carbonyl (C=O) groups is 1. The second-order valence-electron chi connectivity index (χ2n) is 8.13. The zero-order valence-electron chi connectivity index (χ0n) is 18.3. The number of fused-ring (bicyclic) bond motifs is 1. The van der Waals surface area contributed by atoms with Crippen molar-refractivity contribution in [1.82, 2.24) is 19.6 Å². The molecule has 9 heteroatoms. The van der Waals surface area contributed by atoms with Crippen LogP contribution in [0.4, 0.5) is 16.3 Å². The lowest BCUT2D eigenvalue weighted by atomic mass is 10.0. The predicted molar refractivity (Wildman–Crippen MR) is 122 cm³/mol. The van der Waals surface area contributed by atoms with Gasteiger partial charge in [0.2, 0.25) is 0 Å². The molecule has 1 aromatic carbocycles. The van der Waals surface area contributed by atoms with Crippen LogP contribution in [0.5, 0.6) is 5.75 Å². The van der Waals surface area contributed by atoms with E-state index in [9.17, 15) is 4.79 Å². The van der Waals surface area contributed by atoms with Crippen molar-refractivity contribution in [3.8, 4) is 28.1 Å². The number of nitrogens with two attached hydrogens (primary N) is 1. The van der Waals surface area contributed by atoms with Crippen molar-refractivity contribution in [3.63, 3.8) is 0 Å². The first-order chi connectivity index (χ1) is 15.3. The first kappa shape index (κ1) is 21.1. The molecular formula is C23H24N6O3. The van der Waals surface area contributed by atoms with Gasteiger partial charge in [-0.05, 0) is 56.7 Å². The standard InChI is InChI=1S/C23H24N6O3/c1-23(2,3)32-22(30)28-17-8-7-14(10-19(17)31-4)16-11-18(15-6-5-9-25-12-15)29-20(16)21(24)26-13-27-29/h5-13H,1-4H3,(H,28,30)(H2,24,26,27). The van der Waals surface area contributed by atoms with E-state index in [1.54, 1.807) is 43.7 Å². The molecular weight excluding hydrogens is 408 g/mol. The molecule has 0 fully saturated rings. The zero-order valence-corrected chi connectivity index (χ0v) is 18.3. The van der Waals surface area contributed by atoms with E-state index in [1.807, 2.05) is 30.3 Å². The summed E-state index contributed by atoms with van der Waals surface area (Å²) in [5.41, 5.74) is 10.1. The smallest absolute Gasteiger partial charge is 0.412 e. The Labute approximate surface area is 185 Å². The van der Waals surface area contributed by atoms with Crippen LogP contribution in [0.3, 0.4) is 0 Å². The van der Waals surface area contributed by atoms with Gasteiger partial charge in [-0.3, -0.25) is 10.3 Å². The molecule has 0 aliphatic heterocycles. The van der Waals surface area contributed by atoms with E-state index in [0.717, 1.165) is 22.4 Å². The quantitative estimate of drug-likeness (QED) is 0.491. The number of benzene rings is 1. The third-order valence-electron chi connectivity index (χ3n) is 4.69. The Morgan fingerprint density at radius 3 is 2.66 bits per heavy atom. The number of hydrogen-bond donors (Lipinski definition) is 2. The first-order valence-corrected chi connectivity index (χ1v) is 9.98. The second kappa shape index (κ2) is 8.18. The maximum atomic E-state index is 12.2. The zero-order chi connectivity index (χ0) is 22.9. The van der Waals surface area contributed by atoms with Crippen molar-refractivity contribution >= 4 is 23.1 Å². The van der Waals surface area contributed by atoms with Gasteiger partial charge in [0.05, 0.1) is 18.5 Å². The number of hydrogen-bond acceptors (Lipinski definition) is 7. The summed E-state index contributed by atoms with van der Waals surface area (Å²) in [6.07, 6.45) is 4.33. The van der Waals surface area contributed by atoms with E-state index in [2.05, 4.69) is 20.4 Å². The molecule has 0 aliphatic carbocycles. The molecule has 164 valence electrons. The molecule has 0 atom stereocenters. The van der Waals surface area contributed by atoms with Crippen molar-refractivity contribution in [3.05, 3.63) is 55.1 Å². The van der Waals surface area contributed by atoms with Gasteiger partial charge in [0, 0.05) is 23.5 Å². The Bertz CT molecular complexity index is 1280. The van der Waals surface area contributed by atoms with E-state index in [1.165, 1.54) is 13.4 Å². The number of nitrogens with zero attached hydrogens (tertiary/aromatic N) is 4. The topological polar surface area (TPSA) is 117 Å². The van der Waals surface area contributed by atoms with Crippen LogP contribution in [0.2, 0.25) is 0 Å². The van der Waals surface area contributed by atoms with Gasteiger partial charge in [0.1, 0.15) is 23.2 Å². The Morgan fingerprint density at radius 2 is 1.97 bits per heavy atom. The highest BCUT2D eigenvalue weighted by molar-refractivity contribution is 5.94. The van der Waals surface area contributed by atoms with Crippen LogP contribution in [-0.4, -0.2) is 38.4 Å². The summed E-state index contributed by atoms with van der Waals surface area (Å²) in [5.74, 6) is 0.825. The molecule has 0 unspecified atom stereocenters. The summed E-state index contributed by atoms with van der Waals surface area (Å²) in [4.78, 5) is 20.6. The number of amides is 1. The van der Waals surface area contributed by atoms with Crippen molar-refractivity contribution in [2.24, 2.45) is 0 Å². The molecule has 0 saturated carbocycles. The van der Waals surface area contributed by atoms with Crippen LogP contribution >= 0.6 is 0 Å². The number of nitrogen functional groups attached to an aromatic ring is 1. The third-order valence-corrected chi connectivity index (χ3v) is 4.69. The number of rotatable bonds is 4. The minimum absolute atomic E-state index is 0.347. The summed E-state index contributed by atoms with van der Waals surface area (Å²) in [5, 5.41) is 7.12. The van der Waals surface area contributed by atoms with Crippen molar-refractivity contribution < 1.29 is 14.3 Å².